The van der Waals surface area contributed by atoms with Gasteiger partial charge in [0.1, 0.15) is 4.99 Å². The van der Waals surface area contributed by atoms with Crippen molar-refractivity contribution < 1.29 is 8.42 Å². The Balaban J connectivity index is 2.99. The summed E-state index contributed by atoms with van der Waals surface area (Å²) in [6.45, 7) is 2.39. The van der Waals surface area contributed by atoms with Gasteiger partial charge in [-0.2, -0.15) is 0 Å². The van der Waals surface area contributed by atoms with Gasteiger partial charge in [0.25, 0.3) is 0 Å². The minimum Gasteiger partial charge on any atom is -0.389 e. The number of hydrogen-bond donors (Lipinski definition) is 2. The molecular formula is C12H18ClN3O2S2. The van der Waals surface area contributed by atoms with Crippen LogP contribution in [0.4, 0.5) is 0 Å². The topological polar surface area (TPSA) is 75.4 Å². The van der Waals surface area contributed by atoms with Gasteiger partial charge in [-0.05, 0) is 39.2 Å². The highest BCUT2D eigenvalue weighted by molar-refractivity contribution is 7.89. The molecule has 0 heterocycles. The molecule has 0 aliphatic rings. The number of benzene rings is 1. The lowest BCUT2D eigenvalue weighted by Crippen LogP contribution is -2.39. The molecule has 0 radical (unpaired) electrons. The smallest absolute Gasteiger partial charge is 0.240 e. The highest BCUT2D eigenvalue weighted by Crippen LogP contribution is 2.21. The molecule has 8 heteroatoms. The van der Waals surface area contributed by atoms with Gasteiger partial charge in [-0.15, -0.1) is 0 Å². The molecule has 1 aromatic carbocycles. The van der Waals surface area contributed by atoms with E-state index in [0.29, 0.717) is 12.1 Å². The van der Waals surface area contributed by atoms with E-state index in [-0.39, 0.29) is 20.9 Å². The molecule has 112 valence electrons. The molecule has 1 unspecified atom stereocenters. The third kappa shape index (κ3) is 4.68. The zero-order valence-electron chi connectivity index (χ0n) is 11.6. The van der Waals surface area contributed by atoms with E-state index in [9.17, 15) is 8.42 Å². The second kappa shape index (κ2) is 6.82. The fraction of sp³-hybridized carbons (Fsp3) is 0.417. The molecule has 5 nitrogen and oxygen atoms in total. The SMILES string of the molecule is CC(CN(C)C)NS(=O)(=O)c1ccc(C(N)=S)c(Cl)c1. The minimum atomic E-state index is -3.62. The van der Waals surface area contributed by atoms with Crippen molar-refractivity contribution >= 4 is 38.8 Å². The average Bonchev–Trinajstić information content (AvgIpc) is 2.25. The largest absolute Gasteiger partial charge is 0.389 e. The van der Waals surface area contributed by atoms with Crippen molar-refractivity contribution in [3.63, 3.8) is 0 Å². The van der Waals surface area contributed by atoms with Crippen LogP contribution in [0.3, 0.4) is 0 Å². The van der Waals surface area contributed by atoms with Crippen LogP contribution in [0, 0.1) is 0 Å². The molecule has 0 saturated carbocycles. The Morgan fingerprint density at radius 2 is 2.10 bits per heavy atom. The van der Waals surface area contributed by atoms with Gasteiger partial charge in [0.05, 0.1) is 9.92 Å². The van der Waals surface area contributed by atoms with Gasteiger partial charge < -0.3 is 10.6 Å². The first kappa shape index (κ1) is 17.3. The predicted molar refractivity (Wildman–Crippen MR) is 85.7 cm³/mol. The Bertz CT molecular complexity index is 603. The number of nitrogens with zero attached hydrogens (tertiary/aromatic N) is 1. The molecule has 1 atom stereocenters. The summed E-state index contributed by atoms with van der Waals surface area (Å²) in [6.07, 6.45) is 0. The standard InChI is InChI=1S/C12H18ClN3O2S2/c1-8(7-16(2)3)15-20(17,18)9-4-5-10(12(14)19)11(13)6-9/h4-6,8,15H,7H2,1-3H3,(H2,14,19). The van der Waals surface area contributed by atoms with Crippen LogP contribution < -0.4 is 10.5 Å². The second-order valence-corrected chi connectivity index (χ2v) is 7.35. The zero-order valence-corrected chi connectivity index (χ0v) is 13.9. The zero-order chi connectivity index (χ0) is 15.5. The Labute approximate surface area is 130 Å². The molecule has 1 aromatic rings. The quantitative estimate of drug-likeness (QED) is 0.764. The third-order valence-electron chi connectivity index (χ3n) is 2.51. The predicted octanol–water partition coefficient (Wildman–Crippen LogP) is 1.20. The molecule has 0 amide bonds. The summed E-state index contributed by atoms with van der Waals surface area (Å²) in [5.74, 6) is 0. The van der Waals surface area contributed by atoms with Gasteiger partial charge in [-0.25, -0.2) is 13.1 Å². The highest BCUT2D eigenvalue weighted by atomic mass is 35.5. The second-order valence-electron chi connectivity index (χ2n) is 4.79. The number of hydrogen-bond acceptors (Lipinski definition) is 4. The minimum absolute atomic E-state index is 0.0908. The lowest BCUT2D eigenvalue weighted by Gasteiger charge is -2.18. The van der Waals surface area contributed by atoms with E-state index in [1.54, 1.807) is 6.92 Å². The van der Waals surface area contributed by atoms with Crippen molar-refractivity contribution in [1.82, 2.24) is 9.62 Å². The van der Waals surface area contributed by atoms with Crippen LogP contribution in [0.2, 0.25) is 5.02 Å². The molecule has 0 aliphatic carbocycles. The normalized spacial score (nSPS) is 13.4. The Morgan fingerprint density at radius 3 is 2.55 bits per heavy atom. The lowest BCUT2D eigenvalue weighted by atomic mass is 10.2. The summed E-state index contributed by atoms with van der Waals surface area (Å²) in [7, 11) is 0.132. The Kier molecular flexibility index (Phi) is 5.91. The van der Waals surface area contributed by atoms with Crippen LogP contribution in [0.25, 0.3) is 0 Å². The fourth-order valence-corrected chi connectivity index (χ4v) is 3.62. The van der Waals surface area contributed by atoms with Crippen LogP contribution in [-0.2, 0) is 10.0 Å². The van der Waals surface area contributed by atoms with E-state index in [0.717, 1.165) is 0 Å². The van der Waals surface area contributed by atoms with Crippen molar-refractivity contribution in [1.29, 1.82) is 0 Å². The van der Waals surface area contributed by atoms with Crippen LogP contribution >= 0.6 is 23.8 Å². The number of thiocarbonyl (C=S) groups is 1. The maximum Gasteiger partial charge on any atom is 0.240 e. The monoisotopic (exact) mass is 335 g/mol. The number of sulfonamides is 1. The molecule has 0 fully saturated rings. The maximum atomic E-state index is 12.2. The molecule has 0 bridgehead atoms. The number of likely N-dealkylation sites (N-methyl/N-ethyl adjacent to an activating group) is 1. The number of halogens is 1. The summed E-state index contributed by atoms with van der Waals surface area (Å²) in [6, 6.07) is 4.07. The average molecular weight is 336 g/mol. The third-order valence-corrected chi connectivity index (χ3v) is 4.63. The van der Waals surface area contributed by atoms with Crippen LogP contribution in [0.1, 0.15) is 12.5 Å². The molecule has 0 saturated heterocycles. The molecule has 0 spiro atoms. The first-order valence-electron chi connectivity index (χ1n) is 5.90. The molecular weight excluding hydrogens is 318 g/mol. The van der Waals surface area contributed by atoms with E-state index < -0.39 is 10.0 Å². The van der Waals surface area contributed by atoms with Crippen LogP contribution in [-0.4, -0.2) is 45.0 Å². The highest BCUT2D eigenvalue weighted by Gasteiger charge is 2.19. The molecule has 20 heavy (non-hydrogen) atoms. The van der Waals surface area contributed by atoms with Crippen molar-refractivity contribution in [2.24, 2.45) is 5.73 Å². The molecule has 0 aromatic heterocycles. The lowest BCUT2D eigenvalue weighted by molar-refractivity contribution is 0.370. The number of nitrogens with two attached hydrogens (primary N) is 1. The van der Waals surface area contributed by atoms with Gasteiger partial charge in [0.2, 0.25) is 10.0 Å². The van der Waals surface area contributed by atoms with Gasteiger partial charge in [0, 0.05) is 18.2 Å². The first-order valence-corrected chi connectivity index (χ1v) is 8.17. The summed E-state index contributed by atoms with van der Waals surface area (Å²) < 4.78 is 27.0. The van der Waals surface area contributed by atoms with E-state index >= 15 is 0 Å². The number of rotatable bonds is 6. The summed E-state index contributed by atoms with van der Waals surface area (Å²) in [5, 5.41) is 0.223. The van der Waals surface area contributed by atoms with Gasteiger partial charge in [0.15, 0.2) is 0 Å². The number of nitrogens with one attached hydrogen (secondary N) is 1. The van der Waals surface area contributed by atoms with Crippen molar-refractivity contribution in [3.05, 3.63) is 28.8 Å². The molecule has 3 N–H and O–H groups in total. The summed E-state index contributed by atoms with van der Waals surface area (Å²) >= 11 is 10.8. The van der Waals surface area contributed by atoms with Crippen molar-refractivity contribution in [2.45, 2.75) is 17.9 Å². The van der Waals surface area contributed by atoms with Crippen molar-refractivity contribution in [2.75, 3.05) is 20.6 Å². The van der Waals surface area contributed by atoms with E-state index in [4.69, 9.17) is 29.6 Å². The van der Waals surface area contributed by atoms with E-state index in [2.05, 4.69) is 4.72 Å². The van der Waals surface area contributed by atoms with E-state index in [1.165, 1.54) is 18.2 Å². The van der Waals surface area contributed by atoms with Crippen LogP contribution in [0.15, 0.2) is 23.1 Å². The summed E-state index contributed by atoms with van der Waals surface area (Å²) in [5.41, 5.74) is 5.95. The maximum absolute atomic E-state index is 12.2. The Morgan fingerprint density at radius 1 is 1.50 bits per heavy atom. The summed E-state index contributed by atoms with van der Waals surface area (Å²) in [4.78, 5) is 2.12. The Hall–Kier alpha value is -0.730. The van der Waals surface area contributed by atoms with Gasteiger partial charge in [-0.3, -0.25) is 0 Å². The van der Waals surface area contributed by atoms with Crippen molar-refractivity contribution in [3.8, 4) is 0 Å². The van der Waals surface area contributed by atoms with Gasteiger partial charge in [-0.1, -0.05) is 23.8 Å². The molecule has 1 rings (SSSR count). The van der Waals surface area contributed by atoms with Crippen LogP contribution in [0.5, 0.6) is 0 Å². The van der Waals surface area contributed by atoms with Gasteiger partial charge >= 0.3 is 0 Å². The molecule has 0 aliphatic heterocycles. The fourth-order valence-electron chi connectivity index (χ4n) is 1.78. The van der Waals surface area contributed by atoms with E-state index in [1.807, 2.05) is 19.0 Å². The first-order chi connectivity index (χ1) is 9.13.